The Balaban J connectivity index is 1.54. The van der Waals surface area contributed by atoms with E-state index < -0.39 is 5.54 Å². The summed E-state index contributed by atoms with van der Waals surface area (Å²) in [7, 11) is 0. The molecular weight excluding hydrogens is 675 g/mol. The van der Waals surface area contributed by atoms with Crippen molar-refractivity contribution in [1.82, 2.24) is 9.13 Å². The quantitative estimate of drug-likeness (QED) is 0.104. The number of fused-ring (bicyclic) bond motifs is 5. The summed E-state index contributed by atoms with van der Waals surface area (Å²) in [5.74, 6) is 1.39. The number of benzene rings is 3. The van der Waals surface area contributed by atoms with Crippen molar-refractivity contribution in [3.63, 3.8) is 0 Å². The molecule has 6 aromatic rings. The molecule has 3 aromatic carbocycles. The van der Waals surface area contributed by atoms with Crippen LogP contribution in [0.5, 0.6) is 0 Å². The van der Waals surface area contributed by atoms with Crippen LogP contribution < -0.4 is 17.2 Å². The molecule has 0 fully saturated rings. The fraction of sp³-hybridized carbons (Fsp3) is 0.388. The molecule has 0 aliphatic heterocycles. The number of furan rings is 1. The minimum Gasteiger partial charge on any atom is -0.456 e. The monoisotopic (exact) mass is 735 g/mol. The average Bonchev–Trinajstić information content (AvgIpc) is 3.83. The number of aromatic nitrogens is 2. The molecule has 1 aliphatic rings. The highest BCUT2D eigenvalue weighted by Crippen LogP contribution is 2.45. The molecule has 6 nitrogen and oxygen atoms in total. The van der Waals surface area contributed by atoms with E-state index >= 15 is 0 Å². The van der Waals surface area contributed by atoms with E-state index in [4.69, 9.17) is 21.6 Å². The maximum absolute atomic E-state index is 7.59. The fourth-order valence-electron chi connectivity index (χ4n) is 9.44. The molecule has 0 saturated heterocycles. The van der Waals surface area contributed by atoms with Crippen LogP contribution in [0.25, 0.3) is 62.4 Å². The van der Waals surface area contributed by atoms with Crippen molar-refractivity contribution in [1.29, 1.82) is 0 Å². The topological polar surface area (TPSA) is 101 Å². The number of hydrogen-bond donors (Lipinski definition) is 3. The van der Waals surface area contributed by atoms with Crippen molar-refractivity contribution in [3.8, 4) is 11.4 Å². The molecule has 3 heterocycles. The van der Waals surface area contributed by atoms with Crippen molar-refractivity contribution in [2.75, 3.05) is 13.1 Å². The SMILES string of the molecule is C/C=C\c1oc2ccc(-n3c4c(c5cc(-n6c(/C=C\C)c(C(CN)CCCC)c7ccccc76)ccc53)C(N)(CC)CCC/C=C\4)cc2c1C(CN)CCC. The van der Waals surface area contributed by atoms with Gasteiger partial charge in [-0.15, -0.1) is 0 Å². The van der Waals surface area contributed by atoms with Crippen LogP contribution in [0.2, 0.25) is 0 Å². The zero-order chi connectivity index (χ0) is 38.7. The van der Waals surface area contributed by atoms with Gasteiger partial charge >= 0.3 is 0 Å². The Morgan fingerprint density at radius 1 is 0.782 bits per heavy atom. The smallest absolute Gasteiger partial charge is 0.135 e. The summed E-state index contributed by atoms with van der Waals surface area (Å²) in [4.78, 5) is 0. The number of hydrogen-bond acceptors (Lipinski definition) is 4. The Labute approximate surface area is 327 Å². The third-order valence-electron chi connectivity index (χ3n) is 12.2. The average molecular weight is 736 g/mol. The van der Waals surface area contributed by atoms with Gasteiger partial charge in [-0.1, -0.05) is 76.5 Å². The summed E-state index contributed by atoms with van der Waals surface area (Å²) in [6.07, 6.45) is 22.5. The van der Waals surface area contributed by atoms with Crippen LogP contribution in [0.3, 0.4) is 0 Å². The Morgan fingerprint density at radius 3 is 2.22 bits per heavy atom. The van der Waals surface area contributed by atoms with Crippen LogP contribution in [0.4, 0.5) is 0 Å². The van der Waals surface area contributed by atoms with Crippen molar-refractivity contribution in [2.24, 2.45) is 17.2 Å². The zero-order valence-corrected chi connectivity index (χ0v) is 33.7. The molecule has 3 atom stereocenters. The van der Waals surface area contributed by atoms with E-state index in [1.165, 1.54) is 38.7 Å². The first-order valence-corrected chi connectivity index (χ1v) is 20.9. The Bertz CT molecular complexity index is 2380. The van der Waals surface area contributed by atoms with Gasteiger partial charge < -0.3 is 30.8 Å². The summed E-state index contributed by atoms with van der Waals surface area (Å²) >= 11 is 0. The van der Waals surface area contributed by atoms with Gasteiger partial charge in [-0.25, -0.2) is 0 Å². The molecule has 0 amide bonds. The Kier molecular flexibility index (Phi) is 11.7. The molecule has 288 valence electrons. The number of unbranched alkanes of at least 4 members (excludes halogenated alkanes) is 1. The highest BCUT2D eigenvalue weighted by Gasteiger charge is 2.34. The standard InChI is InChI=1S/C49H61N5O/c1-6-11-20-34(32-51)46-37-21-14-15-22-40(37)53(42(46)18-8-3)35-24-26-41-38(29-35)48-43(23-13-12-16-28-49(48,52)10-5)54(41)36-25-27-44-39(30-36)47(33(31-50)17-7-2)45(55-44)19-9-4/h8-9,13-15,18-19,21-27,29-30,33-34H,6-7,10-12,16-17,20,28,31-32,50-52H2,1-5H3/b18-8-,19-9-,23-13-. The van der Waals surface area contributed by atoms with Gasteiger partial charge in [-0.2, -0.15) is 0 Å². The van der Waals surface area contributed by atoms with Crippen LogP contribution in [-0.2, 0) is 5.54 Å². The van der Waals surface area contributed by atoms with Crippen LogP contribution in [0.15, 0.2) is 83.3 Å². The van der Waals surface area contributed by atoms with Gasteiger partial charge in [0.15, 0.2) is 0 Å². The molecule has 55 heavy (non-hydrogen) atoms. The summed E-state index contributed by atoms with van der Waals surface area (Å²) in [5, 5.41) is 3.61. The maximum Gasteiger partial charge on any atom is 0.135 e. The molecule has 6 N–H and O–H groups in total. The van der Waals surface area contributed by atoms with Crippen LogP contribution in [0, 0.1) is 0 Å². The normalized spacial score (nSPS) is 18.1. The first kappa shape index (κ1) is 38.6. The van der Waals surface area contributed by atoms with Gasteiger partial charge in [-0.3, -0.25) is 0 Å². The summed E-state index contributed by atoms with van der Waals surface area (Å²) < 4.78 is 11.4. The van der Waals surface area contributed by atoms with Gasteiger partial charge in [0.2, 0.25) is 0 Å². The predicted molar refractivity (Wildman–Crippen MR) is 236 cm³/mol. The highest BCUT2D eigenvalue weighted by atomic mass is 16.3. The van der Waals surface area contributed by atoms with E-state index in [0.29, 0.717) is 13.1 Å². The second-order valence-corrected chi connectivity index (χ2v) is 15.6. The largest absolute Gasteiger partial charge is 0.456 e. The van der Waals surface area contributed by atoms with E-state index in [1.807, 2.05) is 6.92 Å². The fourth-order valence-corrected chi connectivity index (χ4v) is 9.44. The third kappa shape index (κ3) is 6.83. The molecule has 6 heteroatoms. The molecule has 0 radical (unpaired) electrons. The molecule has 1 aliphatic carbocycles. The zero-order valence-electron chi connectivity index (χ0n) is 33.7. The number of nitrogens with two attached hydrogens (primary N) is 3. The van der Waals surface area contributed by atoms with Gasteiger partial charge in [0, 0.05) is 50.1 Å². The van der Waals surface area contributed by atoms with Gasteiger partial charge in [0.1, 0.15) is 11.3 Å². The van der Waals surface area contributed by atoms with Gasteiger partial charge in [0.25, 0.3) is 0 Å². The van der Waals surface area contributed by atoms with Gasteiger partial charge in [-0.05, 0) is 138 Å². The number of nitrogens with zero attached hydrogens (tertiary/aromatic N) is 2. The minimum atomic E-state index is -0.487. The third-order valence-corrected chi connectivity index (χ3v) is 12.2. The number of para-hydroxylation sites is 1. The summed E-state index contributed by atoms with van der Waals surface area (Å²) in [6.45, 7) is 12.1. The van der Waals surface area contributed by atoms with Crippen molar-refractivity contribution >= 4 is 51.0 Å². The second-order valence-electron chi connectivity index (χ2n) is 15.6. The van der Waals surface area contributed by atoms with Crippen molar-refractivity contribution in [2.45, 2.75) is 110 Å². The molecule has 3 unspecified atom stereocenters. The Hall–Kier alpha value is -4.62. The van der Waals surface area contributed by atoms with Crippen molar-refractivity contribution in [3.05, 3.63) is 113 Å². The van der Waals surface area contributed by atoms with Crippen LogP contribution in [-0.4, -0.2) is 22.2 Å². The number of allylic oxidation sites excluding steroid dienone is 3. The molecule has 0 saturated carbocycles. The lowest BCUT2D eigenvalue weighted by molar-refractivity contribution is 0.384. The molecule has 0 spiro atoms. The Morgan fingerprint density at radius 2 is 1.49 bits per heavy atom. The molecule has 3 aromatic heterocycles. The minimum absolute atomic E-state index is 0.211. The van der Waals surface area contributed by atoms with E-state index in [-0.39, 0.29) is 11.8 Å². The molecular formula is C49H61N5O. The first-order chi connectivity index (χ1) is 26.9. The first-order valence-electron chi connectivity index (χ1n) is 20.9. The van der Waals surface area contributed by atoms with Crippen LogP contribution >= 0.6 is 0 Å². The van der Waals surface area contributed by atoms with E-state index in [1.54, 1.807) is 0 Å². The van der Waals surface area contributed by atoms with Crippen molar-refractivity contribution < 1.29 is 4.42 Å². The van der Waals surface area contributed by atoms with E-state index in [9.17, 15) is 0 Å². The lowest BCUT2D eigenvalue weighted by Crippen LogP contribution is -2.37. The highest BCUT2D eigenvalue weighted by molar-refractivity contribution is 5.96. The maximum atomic E-state index is 7.59. The van der Waals surface area contributed by atoms with Gasteiger partial charge in [0.05, 0.1) is 22.4 Å². The second kappa shape index (κ2) is 16.6. The molecule has 7 rings (SSSR count). The summed E-state index contributed by atoms with van der Waals surface area (Å²) in [5.41, 5.74) is 31.7. The lowest BCUT2D eigenvalue weighted by atomic mass is 9.80. The van der Waals surface area contributed by atoms with Crippen LogP contribution in [0.1, 0.15) is 138 Å². The van der Waals surface area contributed by atoms with E-state index in [0.717, 1.165) is 97.1 Å². The summed E-state index contributed by atoms with van der Waals surface area (Å²) in [6, 6.07) is 22.5. The molecule has 0 bridgehead atoms. The number of rotatable bonds is 14. The van der Waals surface area contributed by atoms with E-state index in [2.05, 4.69) is 134 Å². The predicted octanol–water partition coefficient (Wildman–Crippen LogP) is 12.2. The lowest BCUT2D eigenvalue weighted by Gasteiger charge is -2.30.